The van der Waals surface area contributed by atoms with Crippen LogP contribution in [-0.2, 0) is 0 Å². The van der Waals surface area contributed by atoms with Crippen LogP contribution < -0.4 is 5.32 Å². The van der Waals surface area contributed by atoms with Gasteiger partial charge in [0.05, 0.1) is 0 Å². The van der Waals surface area contributed by atoms with Crippen molar-refractivity contribution in [2.45, 2.75) is 84.1 Å². The molecule has 0 aromatic heterocycles. The summed E-state index contributed by atoms with van der Waals surface area (Å²) in [7, 11) is 2.20. The lowest BCUT2D eigenvalue weighted by Gasteiger charge is -2.40. The first-order chi connectivity index (χ1) is 8.62. The Morgan fingerprint density at radius 1 is 0.833 bits per heavy atom. The van der Waals surface area contributed by atoms with Gasteiger partial charge in [-0.1, -0.05) is 39.5 Å². The molecule has 2 aliphatic rings. The lowest BCUT2D eigenvalue weighted by Crippen LogP contribution is -2.42. The zero-order valence-corrected chi connectivity index (χ0v) is 12.8. The van der Waals surface area contributed by atoms with Gasteiger partial charge in [-0.3, -0.25) is 0 Å². The van der Waals surface area contributed by atoms with Crippen LogP contribution in [0.3, 0.4) is 0 Å². The Balaban J connectivity index is 1.91. The molecule has 2 aliphatic carbocycles. The molecule has 0 aliphatic heterocycles. The third-order valence-electron chi connectivity index (χ3n) is 5.63. The van der Waals surface area contributed by atoms with Crippen molar-refractivity contribution in [1.29, 1.82) is 0 Å². The molecule has 0 spiro atoms. The summed E-state index contributed by atoms with van der Waals surface area (Å²) < 4.78 is 0. The molecule has 2 fully saturated rings. The number of hydrogen-bond donors (Lipinski definition) is 1. The molecule has 0 aromatic carbocycles. The molecule has 0 aromatic rings. The van der Waals surface area contributed by atoms with E-state index in [-0.39, 0.29) is 0 Å². The van der Waals surface area contributed by atoms with Crippen LogP contribution in [0.2, 0.25) is 0 Å². The highest BCUT2D eigenvalue weighted by Crippen LogP contribution is 2.41. The minimum atomic E-state index is 0.609. The molecule has 18 heavy (non-hydrogen) atoms. The summed E-state index contributed by atoms with van der Waals surface area (Å²) in [5, 5.41) is 3.70. The zero-order valence-electron chi connectivity index (χ0n) is 12.8. The van der Waals surface area contributed by atoms with Gasteiger partial charge in [-0.15, -0.1) is 0 Å². The molecule has 2 saturated carbocycles. The zero-order chi connectivity index (χ0) is 13.0. The van der Waals surface area contributed by atoms with Crippen molar-refractivity contribution in [3.63, 3.8) is 0 Å². The summed E-state index contributed by atoms with van der Waals surface area (Å²) in [6.45, 7) is 4.90. The quantitative estimate of drug-likeness (QED) is 0.713. The Bertz CT molecular complexity index is 228. The third kappa shape index (κ3) is 3.73. The average Bonchev–Trinajstić information content (AvgIpc) is 2.61. The first kappa shape index (κ1) is 14.4. The van der Waals surface area contributed by atoms with E-state index in [4.69, 9.17) is 0 Å². The third-order valence-corrected chi connectivity index (χ3v) is 5.63. The maximum atomic E-state index is 3.70. The van der Waals surface area contributed by atoms with Crippen LogP contribution in [0, 0.1) is 17.3 Å². The van der Waals surface area contributed by atoms with Crippen molar-refractivity contribution >= 4 is 0 Å². The Morgan fingerprint density at radius 2 is 1.33 bits per heavy atom. The maximum absolute atomic E-state index is 3.70. The van der Waals surface area contributed by atoms with Crippen LogP contribution in [0.5, 0.6) is 0 Å². The lowest BCUT2D eigenvalue weighted by molar-refractivity contribution is 0.134. The fourth-order valence-electron chi connectivity index (χ4n) is 4.31. The van der Waals surface area contributed by atoms with Crippen molar-refractivity contribution < 1.29 is 0 Å². The highest BCUT2D eigenvalue weighted by atomic mass is 14.9. The van der Waals surface area contributed by atoms with Gasteiger partial charge in [0, 0.05) is 6.04 Å². The molecule has 0 amide bonds. The Labute approximate surface area is 114 Å². The van der Waals surface area contributed by atoms with Crippen molar-refractivity contribution in [3.8, 4) is 0 Å². The molecule has 0 bridgehead atoms. The van der Waals surface area contributed by atoms with Crippen molar-refractivity contribution in [2.75, 3.05) is 7.05 Å². The summed E-state index contributed by atoms with van der Waals surface area (Å²) in [6.07, 6.45) is 14.6. The Morgan fingerprint density at radius 3 is 1.83 bits per heavy atom. The monoisotopic (exact) mass is 251 g/mol. The van der Waals surface area contributed by atoms with Crippen LogP contribution >= 0.6 is 0 Å². The average molecular weight is 251 g/mol. The molecular formula is C17H33N. The van der Waals surface area contributed by atoms with Gasteiger partial charge in [0.25, 0.3) is 0 Å². The normalized spacial score (nSPS) is 28.8. The molecule has 0 heterocycles. The second kappa shape index (κ2) is 6.41. The van der Waals surface area contributed by atoms with E-state index in [0.29, 0.717) is 5.41 Å². The summed E-state index contributed by atoms with van der Waals surface area (Å²) >= 11 is 0. The summed E-state index contributed by atoms with van der Waals surface area (Å²) in [5.74, 6) is 1.91. The van der Waals surface area contributed by atoms with E-state index in [1.54, 1.807) is 0 Å². The minimum absolute atomic E-state index is 0.609. The predicted molar refractivity (Wildman–Crippen MR) is 79.8 cm³/mol. The SMILES string of the molecule is CNC(C1CCCCCC1)C1CCC(C)(C)CC1. The van der Waals surface area contributed by atoms with Gasteiger partial charge in [0.1, 0.15) is 0 Å². The molecule has 1 nitrogen and oxygen atoms in total. The molecule has 1 unspecified atom stereocenters. The number of rotatable bonds is 3. The van der Waals surface area contributed by atoms with Gasteiger partial charge in [-0.25, -0.2) is 0 Å². The van der Waals surface area contributed by atoms with E-state index in [0.717, 1.165) is 17.9 Å². The van der Waals surface area contributed by atoms with E-state index in [2.05, 4.69) is 26.2 Å². The van der Waals surface area contributed by atoms with Crippen LogP contribution in [0.25, 0.3) is 0 Å². The first-order valence-corrected chi connectivity index (χ1v) is 8.30. The second-order valence-corrected chi connectivity index (χ2v) is 7.57. The second-order valence-electron chi connectivity index (χ2n) is 7.57. The van der Waals surface area contributed by atoms with Crippen molar-refractivity contribution in [3.05, 3.63) is 0 Å². The van der Waals surface area contributed by atoms with Gasteiger partial charge >= 0.3 is 0 Å². The van der Waals surface area contributed by atoms with Crippen molar-refractivity contribution in [2.24, 2.45) is 17.3 Å². The highest BCUT2D eigenvalue weighted by molar-refractivity contribution is 4.88. The van der Waals surface area contributed by atoms with E-state index in [9.17, 15) is 0 Å². The van der Waals surface area contributed by atoms with Crippen LogP contribution in [0.1, 0.15) is 78.1 Å². The van der Waals surface area contributed by atoms with Crippen molar-refractivity contribution in [1.82, 2.24) is 5.32 Å². The predicted octanol–water partition coefficient (Wildman–Crippen LogP) is 4.76. The minimum Gasteiger partial charge on any atom is -0.316 e. The molecule has 0 saturated heterocycles. The standard InChI is InChI=1S/C17H33N/c1-17(2)12-10-15(11-13-17)16(18-3)14-8-6-4-5-7-9-14/h14-16,18H,4-13H2,1-3H3. The van der Waals surface area contributed by atoms with Gasteiger partial charge in [-0.05, 0) is 62.8 Å². The summed E-state index contributed by atoms with van der Waals surface area (Å²) in [5.41, 5.74) is 0.609. The van der Waals surface area contributed by atoms with Gasteiger partial charge in [0.15, 0.2) is 0 Å². The fourth-order valence-corrected chi connectivity index (χ4v) is 4.31. The van der Waals surface area contributed by atoms with Gasteiger partial charge in [-0.2, -0.15) is 0 Å². The molecule has 1 N–H and O–H groups in total. The fraction of sp³-hybridized carbons (Fsp3) is 1.00. The lowest BCUT2D eigenvalue weighted by atomic mass is 9.68. The van der Waals surface area contributed by atoms with E-state index < -0.39 is 0 Å². The van der Waals surface area contributed by atoms with E-state index in [1.165, 1.54) is 64.2 Å². The molecule has 1 heteroatoms. The molecule has 106 valence electrons. The van der Waals surface area contributed by atoms with E-state index in [1.807, 2.05) is 0 Å². The number of hydrogen-bond acceptors (Lipinski definition) is 1. The largest absolute Gasteiger partial charge is 0.316 e. The van der Waals surface area contributed by atoms with Gasteiger partial charge < -0.3 is 5.32 Å². The van der Waals surface area contributed by atoms with Crippen LogP contribution in [0.4, 0.5) is 0 Å². The van der Waals surface area contributed by atoms with Gasteiger partial charge in [0.2, 0.25) is 0 Å². The van der Waals surface area contributed by atoms with E-state index >= 15 is 0 Å². The summed E-state index contributed by atoms with van der Waals surface area (Å²) in [4.78, 5) is 0. The molecule has 1 atom stereocenters. The summed E-state index contributed by atoms with van der Waals surface area (Å²) in [6, 6.07) is 0.805. The van der Waals surface area contributed by atoms with Crippen LogP contribution in [0.15, 0.2) is 0 Å². The Hall–Kier alpha value is -0.0400. The van der Waals surface area contributed by atoms with Crippen LogP contribution in [-0.4, -0.2) is 13.1 Å². The first-order valence-electron chi connectivity index (χ1n) is 8.30. The highest BCUT2D eigenvalue weighted by Gasteiger charge is 2.34. The molecule has 0 radical (unpaired) electrons. The molecule has 2 rings (SSSR count). The maximum Gasteiger partial charge on any atom is 0.0121 e. The smallest absolute Gasteiger partial charge is 0.0121 e. The Kier molecular flexibility index (Phi) is 5.12. The number of nitrogens with one attached hydrogen (secondary N) is 1. The molecular weight excluding hydrogens is 218 g/mol. The topological polar surface area (TPSA) is 12.0 Å².